The minimum Gasteiger partial charge on any atom is -0.444 e. The van der Waals surface area contributed by atoms with Crippen LogP contribution >= 0.6 is 0 Å². The highest BCUT2D eigenvalue weighted by molar-refractivity contribution is 7.91. The molecule has 6 nitrogen and oxygen atoms in total. The molecule has 0 saturated carbocycles. The summed E-state index contributed by atoms with van der Waals surface area (Å²) < 4.78 is 27.6. The zero-order valence-corrected chi connectivity index (χ0v) is 11.6. The van der Waals surface area contributed by atoms with Gasteiger partial charge in [-0.2, -0.15) is 0 Å². The minimum atomic E-state index is -3.11. The van der Waals surface area contributed by atoms with Crippen LogP contribution in [-0.2, 0) is 19.4 Å². The van der Waals surface area contributed by atoms with Crippen LogP contribution < -0.4 is 5.32 Å². The van der Waals surface area contributed by atoms with E-state index < -0.39 is 27.1 Å². The molecule has 7 heteroatoms. The van der Waals surface area contributed by atoms with Crippen molar-refractivity contribution in [3.05, 3.63) is 0 Å². The van der Waals surface area contributed by atoms with E-state index in [1.54, 1.807) is 27.1 Å². The second-order valence-corrected chi connectivity index (χ2v) is 7.77. The molecular weight excluding hydrogens is 258 g/mol. The van der Waals surface area contributed by atoms with Crippen molar-refractivity contribution >= 4 is 22.2 Å². The van der Waals surface area contributed by atoms with Crippen molar-refractivity contribution in [2.45, 2.75) is 44.8 Å². The van der Waals surface area contributed by atoms with Gasteiger partial charge in [0.15, 0.2) is 9.84 Å². The highest BCUT2D eigenvalue weighted by Crippen LogP contribution is 2.22. The van der Waals surface area contributed by atoms with Crippen molar-refractivity contribution in [3.8, 4) is 0 Å². The van der Waals surface area contributed by atoms with E-state index >= 15 is 0 Å². The molecule has 18 heavy (non-hydrogen) atoms. The van der Waals surface area contributed by atoms with Gasteiger partial charge in [-0.05, 0) is 33.6 Å². The number of sulfone groups is 1. The maximum absolute atomic E-state index is 11.6. The van der Waals surface area contributed by atoms with Crippen molar-refractivity contribution in [1.29, 1.82) is 0 Å². The molecule has 0 aromatic carbocycles. The number of rotatable bonds is 2. The third kappa shape index (κ3) is 4.29. The Morgan fingerprint density at radius 3 is 2.17 bits per heavy atom. The SMILES string of the molecule is CC(C)(C)OC(=O)NC1([C]=O)CCS(=O)(=O)CC1. The Hall–Kier alpha value is -1.11. The number of carbonyl (C=O) groups is 1. The molecule has 1 N–H and O–H groups in total. The molecule has 0 spiro atoms. The lowest BCUT2D eigenvalue weighted by molar-refractivity contribution is 0.0478. The maximum atomic E-state index is 11.6. The van der Waals surface area contributed by atoms with Gasteiger partial charge in [0.2, 0.25) is 6.29 Å². The topological polar surface area (TPSA) is 89.5 Å². The molecule has 0 unspecified atom stereocenters. The van der Waals surface area contributed by atoms with Crippen molar-refractivity contribution < 1.29 is 22.7 Å². The highest BCUT2D eigenvalue weighted by Gasteiger charge is 2.40. The normalized spacial score (nSPS) is 21.9. The number of alkyl carbamates (subject to hydrolysis) is 1. The summed E-state index contributed by atoms with van der Waals surface area (Å²) in [6.45, 7) is 5.11. The zero-order valence-electron chi connectivity index (χ0n) is 10.8. The maximum Gasteiger partial charge on any atom is 0.408 e. The van der Waals surface area contributed by atoms with Crippen LogP contribution in [-0.4, -0.2) is 43.4 Å². The van der Waals surface area contributed by atoms with E-state index in [2.05, 4.69) is 5.32 Å². The van der Waals surface area contributed by atoms with Crippen molar-refractivity contribution in [3.63, 3.8) is 0 Å². The molecule has 1 heterocycles. The molecule has 0 aromatic rings. The standard InChI is InChI=1S/C11H18NO5S/c1-10(2,3)17-9(14)12-11(8-13)4-6-18(15,16)7-5-11/h4-7H2,1-3H3,(H,12,14). The Morgan fingerprint density at radius 1 is 1.28 bits per heavy atom. The van der Waals surface area contributed by atoms with E-state index in [0.29, 0.717) is 0 Å². The monoisotopic (exact) mass is 276 g/mol. The van der Waals surface area contributed by atoms with Crippen LogP contribution in [0.3, 0.4) is 0 Å². The molecule has 1 aliphatic rings. The van der Waals surface area contributed by atoms with E-state index in [1.807, 2.05) is 0 Å². The molecule has 0 aliphatic carbocycles. The molecule has 0 bridgehead atoms. The average molecular weight is 276 g/mol. The van der Waals surface area contributed by atoms with Gasteiger partial charge >= 0.3 is 6.09 Å². The molecule has 0 aromatic heterocycles. The van der Waals surface area contributed by atoms with Gasteiger partial charge in [0, 0.05) is 0 Å². The van der Waals surface area contributed by atoms with Crippen LogP contribution in [0.1, 0.15) is 33.6 Å². The van der Waals surface area contributed by atoms with Crippen molar-refractivity contribution in [1.82, 2.24) is 5.32 Å². The van der Waals surface area contributed by atoms with Crippen LogP contribution in [0.4, 0.5) is 4.79 Å². The second-order valence-electron chi connectivity index (χ2n) is 5.46. The van der Waals surface area contributed by atoms with Crippen LogP contribution in [0, 0.1) is 0 Å². The summed E-state index contributed by atoms with van der Waals surface area (Å²) in [5, 5.41) is 2.43. The Bertz CT molecular complexity index is 421. The van der Waals surface area contributed by atoms with Crippen molar-refractivity contribution in [2.75, 3.05) is 11.5 Å². The van der Waals surface area contributed by atoms with Gasteiger partial charge in [-0.25, -0.2) is 13.2 Å². The average Bonchev–Trinajstić information content (AvgIpc) is 2.19. The molecular formula is C11H18NO5S. The van der Waals surface area contributed by atoms with Crippen LogP contribution in [0.5, 0.6) is 0 Å². The smallest absolute Gasteiger partial charge is 0.408 e. The number of hydrogen-bond donors (Lipinski definition) is 1. The highest BCUT2D eigenvalue weighted by atomic mass is 32.2. The summed E-state index contributed by atoms with van der Waals surface area (Å²) in [7, 11) is -3.11. The molecule has 1 fully saturated rings. The van der Waals surface area contributed by atoms with Crippen molar-refractivity contribution in [2.24, 2.45) is 0 Å². The fraction of sp³-hybridized carbons (Fsp3) is 0.818. The number of ether oxygens (including phenoxy) is 1. The number of hydrogen-bond acceptors (Lipinski definition) is 5. The lowest BCUT2D eigenvalue weighted by Crippen LogP contribution is -2.55. The molecule has 0 atom stereocenters. The predicted octanol–water partition coefficient (Wildman–Crippen LogP) is 0.568. The van der Waals surface area contributed by atoms with E-state index in [0.717, 1.165) is 0 Å². The van der Waals surface area contributed by atoms with E-state index in [9.17, 15) is 18.0 Å². The van der Waals surface area contributed by atoms with Crippen LogP contribution in [0.15, 0.2) is 0 Å². The van der Waals surface area contributed by atoms with Crippen LogP contribution in [0.2, 0.25) is 0 Å². The first kappa shape index (κ1) is 14.9. The Morgan fingerprint density at radius 2 is 1.78 bits per heavy atom. The lowest BCUT2D eigenvalue weighted by Gasteiger charge is -2.32. The van der Waals surface area contributed by atoms with Gasteiger partial charge in [0.05, 0.1) is 11.5 Å². The summed E-state index contributed by atoms with van der Waals surface area (Å²) >= 11 is 0. The largest absolute Gasteiger partial charge is 0.444 e. The van der Waals surface area contributed by atoms with Gasteiger partial charge in [0.25, 0.3) is 0 Å². The quantitative estimate of drug-likeness (QED) is 0.796. The Labute approximate surface area is 107 Å². The van der Waals surface area contributed by atoms with E-state index in [-0.39, 0.29) is 24.3 Å². The predicted molar refractivity (Wildman–Crippen MR) is 65.7 cm³/mol. The number of amides is 1. The summed E-state index contributed by atoms with van der Waals surface area (Å²) in [4.78, 5) is 22.6. The summed E-state index contributed by atoms with van der Waals surface area (Å²) in [6.07, 6.45) is 1.09. The van der Waals surface area contributed by atoms with Gasteiger partial charge in [-0.1, -0.05) is 0 Å². The van der Waals surface area contributed by atoms with Gasteiger partial charge in [-0.3, -0.25) is 4.79 Å². The summed E-state index contributed by atoms with van der Waals surface area (Å²) in [6, 6.07) is 0. The molecule has 1 saturated heterocycles. The fourth-order valence-corrected chi connectivity index (χ4v) is 3.16. The molecule has 103 valence electrons. The Kier molecular flexibility index (Phi) is 4.05. The second kappa shape index (κ2) is 4.87. The van der Waals surface area contributed by atoms with E-state index in [4.69, 9.17) is 4.74 Å². The number of carbonyl (C=O) groups excluding carboxylic acids is 2. The summed E-state index contributed by atoms with van der Waals surface area (Å²) in [5.41, 5.74) is -1.91. The first-order valence-corrected chi connectivity index (χ1v) is 7.51. The molecule has 1 rings (SSSR count). The third-order valence-electron chi connectivity index (χ3n) is 2.62. The summed E-state index contributed by atoms with van der Waals surface area (Å²) in [5.74, 6) is -0.254. The zero-order chi connectivity index (χ0) is 14.0. The molecule has 1 amide bonds. The lowest BCUT2D eigenvalue weighted by atomic mass is 9.94. The first-order chi connectivity index (χ1) is 8.08. The third-order valence-corrected chi connectivity index (χ3v) is 4.27. The first-order valence-electron chi connectivity index (χ1n) is 5.68. The molecule has 1 aliphatic heterocycles. The molecule has 1 radical (unpaired) electrons. The Balaban J connectivity index is 2.68. The van der Waals surface area contributed by atoms with Crippen LogP contribution in [0.25, 0.3) is 0 Å². The minimum absolute atomic E-state index is 0.0398. The van der Waals surface area contributed by atoms with Gasteiger partial charge < -0.3 is 10.1 Å². The van der Waals surface area contributed by atoms with Gasteiger partial charge in [-0.15, -0.1) is 0 Å². The van der Waals surface area contributed by atoms with E-state index in [1.165, 1.54) is 0 Å². The number of nitrogens with one attached hydrogen (secondary N) is 1. The van der Waals surface area contributed by atoms with Gasteiger partial charge in [0.1, 0.15) is 11.1 Å². The fourth-order valence-electron chi connectivity index (χ4n) is 1.64.